The highest BCUT2D eigenvalue weighted by Gasteiger charge is 2.22. The molecule has 0 bridgehead atoms. The molecule has 0 radical (unpaired) electrons. The molecule has 0 aliphatic carbocycles. The van der Waals surface area contributed by atoms with Crippen LogP contribution >= 0.6 is 0 Å². The van der Waals surface area contributed by atoms with E-state index in [1.54, 1.807) is 4.90 Å². The molecule has 1 unspecified atom stereocenters. The predicted molar refractivity (Wildman–Crippen MR) is 78.0 cm³/mol. The first-order valence-electron chi connectivity index (χ1n) is 7.08. The summed E-state index contributed by atoms with van der Waals surface area (Å²) in [5.41, 5.74) is -0.0617. The van der Waals surface area contributed by atoms with Crippen LogP contribution in [0.25, 0.3) is 10.9 Å². The van der Waals surface area contributed by atoms with Crippen molar-refractivity contribution in [3.8, 4) is 0 Å². The molecule has 1 aliphatic heterocycles. The average molecular weight is 305 g/mol. The second kappa shape index (κ2) is 5.84. The van der Waals surface area contributed by atoms with E-state index in [4.69, 9.17) is 4.74 Å². The number of rotatable bonds is 2. The highest BCUT2D eigenvalue weighted by molar-refractivity contribution is 5.79. The fourth-order valence-electron chi connectivity index (χ4n) is 2.53. The molecule has 6 nitrogen and oxygen atoms in total. The minimum atomic E-state index is -0.449. The van der Waals surface area contributed by atoms with E-state index in [0.29, 0.717) is 25.1 Å². The monoisotopic (exact) mass is 305 g/mol. The van der Waals surface area contributed by atoms with Gasteiger partial charge in [0.1, 0.15) is 12.4 Å². The van der Waals surface area contributed by atoms with Crippen LogP contribution < -0.4 is 5.56 Å². The standard InChI is InChI=1S/C15H16FN3O3/c1-10-7-18(4-5-22-10)14(20)8-19-9-17-13-6-11(16)2-3-12(13)15(19)21/h2-3,6,9-10H,4-5,7-8H2,1H3. The number of morpholine rings is 1. The molecule has 1 aliphatic rings. The number of carbonyl (C=O) groups excluding carboxylic acids is 1. The maximum Gasteiger partial charge on any atom is 0.261 e. The van der Waals surface area contributed by atoms with Crippen LogP contribution in [0.4, 0.5) is 4.39 Å². The lowest BCUT2D eigenvalue weighted by atomic mass is 10.2. The Morgan fingerprint density at radius 3 is 3.09 bits per heavy atom. The van der Waals surface area contributed by atoms with Crippen molar-refractivity contribution in [3.63, 3.8) is 0 Å². The number of halogens is 1. The second-order valence-electron chi connectivity index (χ2n) is 5.36. The van der Waals surface area contributed by atoms with Crippen molar-refractivity contribution >= 4 is 16.8 Å². The summed E-state index contributed by atoms with van der Waals surface area (Å²) >= 11 is 0. The smallest absolute Gasteiger partial charge is 0.261 e. The first-order valence-corrected chi connectivity index (χ1v) is 7.08. The van der Waals surface area contributed by atoms with Crippen LogP contribution in [0.3, 0.4) is 0 Å². The summed E-state index contributed by atoms with van der Waals surface area (Å²) in [6.45, 7) is 3.35. The number of benzene rings is 1. The maximum absolute atomic E-state index is 13.1. The molecular weight excluding hydrogens is 289 g/mol. The van der Waals surface area contributed by atoms with Gasteiger partial charge in [0.2, 0.25) is 5.91 Å². The number of carbonyl (C=O) groups is 1. The zero-order chi connectivity index (χ0) is 15.7. The molecule has 7 heteroatoms. The van der Waals surface area contributed by atoms with Gasteiger partial charge in [0, 0.05) is 19.2 Å². The van der Waals surface area contributed by atoms with Crippen LogP contribution in [0.2, 0.25) is 0 Å². The van der Waals surface area contributed by atoms with E-state index in [-0.39, 0.29) is 29.6 Å². The summed E-state index contributed by atoms with van der Waals surface area (Å²) in [6, 6.07) is 3.80. The molecule has 22 heavy (non-hydrogen) atoms. The first-order chi connectivity index (χ1) is 10.5. The Morgan fingerprint density at radius 1 is 1.50 bits per heavy atom. The summed E-state index contributed by atoms with van der Waals surface area (Å²) in [5, 5.41) is 0.298. The third-order valence-corrected chi connectivity index (χ3v) is 3.69. The van der Waals surface area contributed by atoms with E-state index in [2.05, 4.69) is 4.98 Å². The van der Waals surface area contributed by atoms with Gasteiger partial charge in [-0.25, -0.2) is 9.37 Å². The van der Waals surface area contributed by atoms with Crippen molar-refractivity contribution in [2.45, 2.75) is 19.6 Å². The molecule has 1 saturated heterocycles. The van der Waals surface area contributed by atoms with Gasteiger partial charge in [-0.15, -0.1) is 0 Å². The Labute approximate surface area is 126 Å². The fourth-order valence-corrected chi connectivity index (χ4v) is 2.53. The lowest BCUT2D eigenvalue weighted by Gasteiger charge is -2.31. The number of amides is 1. The minimum Gasteiger partial charge on any atom is -0.375 e. The van der Waals surface area contributed by atoms with Gasteiger partial charge in [-0.1, -0.05) is 0 Å². The van der Waals surface area contributed by atoms with E-state index in [1.165, 1.54) is 29.1 Å². The van der Waals surface area contributed by atoms with Crippen LogP contribution in [-0.2, 0) is 16.1 Å². The van der Waals surface area contributed by atoms with Crippen molar-refractivity contribution in [2.75, 3.05) is 19.7 Å². The van der Waals surface area contributed by atoms with Crippen molar-refractivity contribution in [1.82, 2.24) is 14.5 Å². The quantitative estimate of drug-likeness (QED) is 0.822. The third kappa shape index (κ3) is 2.85. The lowest BCUT2D eigenvalue weighted by molar-refractivity contribution is -0.138. The van der Waals surface area contributed by atoms with Gasteiger partial charge in [0.25, 0.3) is 5.56 Å². The first kappa shape index (κ1) is 14.6. The molecule has 1 fully saturated rings. The van der Waals surface area contributed by atoms with Gasteiger partial charge >= 0.3 is 0 Å². The van der Waals surface area contributed by atoms with Gasteiger partial charge < -0.3 is 9.64 Å². The predicted octanol–water partition coefficient (Wildman–Crippen LogP) is 0.783. The molecule has 116 valence electrons. The number of hydrogen-bond acceptors (Lipinski definition) is 4. The van der Waals surface area contributed by atoms with Crippen molar-refractivity contribution < 1.29 is 13.9 Å². The minimum absolute atomic E-state index is 0.00729. The summed E-state index contributed by atoms with van der Waals surface area (Å²) in [5.74, 6) is -0.601. The summed E-state index contributed by atoms with van der Waals surface area (Å²) in [6.07, 6.45) is 1.28. The van der Waals surface area contributed by atoms with E-state index in [9.17, 15) is 14.0 Å². The normalized spacial score (nSPS) is 18.6. The number of fused-ring (bicyclic) bond motifs is 1. The maximum atomic E-state index is 13.1. The molecule has 2 aromatic rings. The summed E-state index contributed by atoms with van der Waals surface area (Å²) in [7, 11) is 0. The van der Waals surface area contributed by atoms with E-state index in [1.807, 2.05) is 6.92 Å². The van der Waals surface area contributed by atoms with Crippen LogP contribution in [0.5, 0.6) is 0 Å². The number of aromatic nitrogens is 2. The molecule has 0 saturated carbocycles. The van der Waals surface area contributed by atoms with E-state index in [0.717, 1.165) is 0 Å². The Bertz CT molecular complexity index is 774. The average Bonchev–Trinajstić information content (AvgIpc) is 2.50. The van der Waals surface area contributed by atoms with Crippen LogP contribution in [0.1, 0.15) is 6.92 Å². The second-order valence-corrected chi connectivity index (χ2v) is 5.36. The molecule has 1 amide bonds. The van der Waals surface area contributed by atoms with Gasteiger partial charge in [-0.3, -0.25) is 14.2 Å². The Balaban J connectivity index is 1.84. The summed E-state index contributed by atoms with van der Waals surface area (Å²) < 4.78 is 19.8. The van der Waals surface area contributed by atoms with Gasteiger partial charge in [-0.05, 0) is 19.1 Å². The third-order valence-electron chi connectivity index (χ3n) is 3.69. The zero-order valence-electron chi connectivity index (χ0n) is 12.2. The largest absolute Gasteiger partial charge is 0.375 e. The Kier molecular flexibility index (Phi) is 3.89. The topological polar surface area (TPSA) is 64.4 Å². The molecule has 3 rings (SSSR count). The van der Waals surface area contributed by atoms with Crippen LogP contribution in [-0.4, -0.2) is 46.2 Å². The van der Waals surface area contributed by atoms with Crippen LogP contribution in [0.15, 0.2) is 29.3 Å². The molecule has 1 atom stereocenters. The van der Waals surface area contributed by atoms with E-state index < -0.39 is 5.82 Å². The molecule has 1 aromatic carbocycles. The van der Waals surface area contributed by atoms with Crippen molar-refractivity contribution in [3.05, 3.63) is 40.7 Å². The number of nitrogens with zero attached hydrogens (tertiary/aromatic N) is 3. The molecule has 2 heterocycles. The SMILES string of the molecule is CC1CN(C(=O)Cn2cnc3cc(F)ccc3c2=O)CCO1. The van der Waals surface area contributed by atoms with Crippen LogP contribution in [0, 0.1) is 5.82 Å². The number of hydrogen-bond donors (Lipinski definition) is 0. The Hall–Kier alpha value is -2.28. The van der Waals surface area contributed by atoms with Gasteiger partial charge in [-0.2, -0.15) is 0 Å². The number of ether oxygens (including phenoxy) is 1. The summed E-state index contributed by atoms with van der Waals surface area (Å²) in [4.78, 5) is 30.3. The lowest BCUT2D eigenvalue weighted by Crippen LogP contribution is -2.46. The molecular formula is C15H16FN3O3. The highest BCUT2D eigenvalue weighted by atomic mass is 19.1. The zero-order valence-corrected chi connectivity index (χ0v) is 12.2. The molecule has 1 aromatic heterocycles. The Morgan fingerprint density at radius 2 is 2.32 bits per heavy atom. The van der Waals surface area contributed by atoms with Crippen molar-refractivity contribution in [2.24, 2.45) is 0 Å². The molecule has 0 spiro atoms. The van der Waals surface area contributed by atoms with E-state index >= 15 is 0 Å². The van der Waals surface area contributed by atoms with Gasteiger partial charge in [0.05, 0.1) is 29.9 Å². The fraction of sp³-hybridized carbons (Fsp3) is 0.400. The highest BCUT2D eigenvalue weighted by Crippen LogP contribution is 2.09. The van der Waals surface area contributed by atoms with Gasteiger partial charge in [0.15, 0.2) is 0 Å². The molecule has 0 N–H and O–H groups in total. The van der Waals surface area contributed by atoms with Crippen molar-refractivity contribution in [1.29, 1.82) is 0 Å².